The van der Waals surface area contributed by atoms with E-state index in [2.05, 4.69) is 20.5 Å². The predicted molar refractivity (Wildman–Crippen MR) is 144 cm³/mol. The Balaban J connectivity index is 1.18. The Morgan fingerprint density at radius 3 is 2.40 bits per heavy atom. The number of aromatic nitrogens is 1. The van der Waals surface area contributed by atoms with Crippen molar-refractivity contribution in [2.45, 2.75) is 32.2 Å². The zero-order valence-electron chi connectivity index (χ0n) is 21.7. The maximum atomic E-state index is 13.5. The largest absolute Gasteiger partial charge is 0.352 e. The van der Waals surface area contributed by atoms with Gasteiger partial charge in [-0.2, -0.15) is 0 Å². The molecule has 1 aliphatic carbocycles. The van der Waals surface area contributed by atoms with Crippen LogP contribution in [0.5, 0.6) is 0 Å². The summed E-state index contributed by atoms with van der Waals surface area (Å²) in [6, 6.07) is 11.1. The summed E-state index contributed by atoms with van der Waals surface area (Å²) in [5.41, 5.74) is 1.36. The van der Waals surface area contributed by atoms with E-state index in [1.165, 1.54) is 30.5 Å². The lowest BCUT2D eigenvalue weighted by Crippen LogP contribution is -2.38. The minimum atomic E-state index is -0.594. The first-order valence-electron chi connectivity index (χ1n) is 13.3. The summed E-state index contributed by atoms with van der Waals surface area (Å²) in [7, 11) is 0. The molecule has 40 heavy (non-hydrogen) atoms. The van der Waals surface area contributed by atoms with Crippen molar-refractivity contribution in [2.24, 2.45) is 11.8 Å². The molecule has 9 nitrogen and oxygen atoms in total. The minimum Gasteiger partial charge on any atom is -0.352 e. The molecule has 208 valence electrons. The highest BCUT2D eigenvalue weighted by atomic mass is 19.1. The third kappa shape index (κ3) is 6.84. The van der Waals surface area contributed by atoms with Gasteiger partial charge in [0.2, 0.25) is 5.91 Å². The van der Waals surface area contributed by atoms with Crippen LogP contribution in [0.2, 0.25) is 0 Å². The lowest BCUT2D eigenvalue weighted by atomic mass is 9.96. The van der Waals surface area contributed by atoms with Gasteiger partial charge < -0.3 is 10.6 Å². The summed E-state index contributed by atoms with van der Waals surface area (Å²) in [6.45, 7) is 2.34. The number of halogens is 2. The number of anilines is 1. The van der Waals surface area contributed by atoms with E-state index < -0.39 is 22.5 Å². The van der Waals surface area contributed by atoms with E-state index in [1.807, 2.05) is 0 Å². The van der Waals surface area contributed by atoms with Crippen LogP contribution >= 0.6 is 0 Å². The maximum absolute atomic E-state index is 13.5. The van der Waals surface area contributed by atoms with Crippen LogP contribution in [0.3, 0.4) is 0 Å². The van der Waals surface area contributed by atoms with Crippen LogP contribution < -0.4 is 10.6 Å². The second-order valence-electron chi connectivity index (χ2n) is 10.4. The second kappa shape index (κ2) is 11.9. The summed E-state index contributed by atoms with van der Waals surface area (Å²) in [4.78, 5) is 42.5. The molecule has 1 aliphatic heterocycles. The van der Waals surface area contributed by atoms with Crippen LogP contribution in [-0.4, -0.2) is 46.3 Å². The Hall–Kier alpha value is -4.25. The summed E-state index contributed by atoms with van der Waals surface area (Å²) in [6.07, 6.45) is 4.78. The van der Waals surface area contributed by atoms with E-state index in [-0.39, 0.29) is 29.0 Å². The van der Waals surface area contributed by atoms with Crippen molar-refractivity contribution in [1.82, 2.24) is 15.2 Å². The molecular weight excluding hydrogens is 520 g/mol. The van der Waals surface area contributed by atoms with E-state index in [0.717, 1.165) is 44.8 Å². The molecule has 0 unspecified atom stereocenters. The number of nitrogens with zero attached hydrogens (tertiary/aromatic N) is 3. The van der Waals surface area contributed by atoms with Crippen LogP contribution in [0.25, 0.3) is 11.1 Å². The molecule has 2 heterocycles. The maximum Gasteiger partial charge on any atom is 0.277 e. The average Bonchev–Trinajstić information content (AvgIpc) is 3.78. The average molecular weight is 550 g/mol. The van der Waals surface area contributed by atoms with E-state index in [4.69, 9.17) is 0 Å². The van der Waals surface area contributed by atoms with Crippen LogP contribution in [-0.2, 0) is 11.3 Å². The van der Waals surface area contributed by atoms with Crippen molar-refractivity contribution in [1.29, 1.82) is 0 Å². The van der Waals surface area contributed by atoms with Crippen molar-refractivity contribution in [3.05, 3.63) is 87.6 Å². The number of carbonyl (C=O) groups is 2. The fourth-order valence-corrected chi connectivity index (χ4v) is 4.96. The molecule has 2 aliphatic rings. The Labute approximate surface area is 229 Å². The van der Waals surface area contributed by atoms with Gasteiger partial charge in [0.1, 0.15) is 17.5 Å². The molecule has 2 aromatic carbocycles. The zero-order valence-corrected chi connectivity index (χ0v) is 21.7. The minimum absolute atomic E-state index is 0.00342. The fourth-order valence-electron chi connectivity index (χ4n) is 4.96. The number of pyridine rings is 1. The summed E-state index contributed by atoms with van der Waals surface area (Å²) >= 11 is 0. The Morgan fingerprint density at radius 2 is 1.73 bits per heavy atom. The summed E-state index contributed by atoms with van der Waals surface area (Å²) in [5, 5.41) is 17.5. The van der Waals surface area contributed by atoms with Gasteiger partial charge in [-0.25, -0.2) is 13.8 Å². The SMILES string of the molecule is O=C(NCC1CCN(Cc2cc(F)cc(F)c2)CC1)c1ccc(-c2ccnc(NC(=O)C3CC3)c2)c([N+](=O)[O-])c1. The number of nitrogens with one attached hydrogen (secondary N) is 2. The monoisotopic (exact) mass is 549 g/mol. The van der Waals surface area contributed by atoms with Gasteiger partial charge >= 0.3 is 0 Å². The topological polar surface area (TPSA) is 117 Å². The van der Waals surface area contributed by atoms with Crippen molar-refractivity contribution in [2.75, 3.05) is 25.0 Å². The Morgan fingerprint density at radius 1 is 1.00 bits per heavy atom. The highest BCUT2D eigenvalue weighted by molar-refractivity contribution is 5.96. The van der Waals surface area contributed by atoms with E-state index in [0.29, 0.717) is 35.6 Å². The van der Waals surface area contributed by atoms with Gasteiger partial charge in [-0.3, -0.25) is 24.6 Å². The zero-order chi connectivity index (χ0) is 28.2. The smallest absolute Gasteiger partial charge is 0.277 e. The number of hydrogen-bond acceptors (Lipinski definition) is 6. The molecule has 3 aromatic rings. The molecule has 2 amide bonds. The van der Waals surface area contributed by atoms with Crippen molar-refractivity contribution in [3.8, 4) is 11.1 Å². The van der Waals surface area contributed by atoms with Gasteiger partial charge in [0.15, 0.2) is 0 Å². The number of likely N-dealkylation sites (tertiary alicyclic amines) is 1. The lowest BCUT2D eigenvalue weighted by molar-refractivity contribution is -0.384. The van der Waals surface area contributed by atoms with Crippen molar-refractivity contribution in [3.63, 3.8) is 0 Å². The summed E-state index contributed by atoms with van der Waals surface area (Å²) < 4.78 is 26.9. The van der Waals surface area contributed by atoms with Crippen LogP contribution in [0.1, 0.15) is 41.6 Å². The Kier molecular flexibility index (Phi) is 8.11. The first kappa shape index (κ1) is 27.3. The van der Waals surface area contributed by atoms with E-state index in [1.54, 1.807) is 18.2 Å². The van der Waals surface area contributed by atoms with Crippen LogP contribution in [0, 0.1) is 33.6 Å². The second-order valence-corrected chi connectivity index (χ2v) is 10.4. The third-order valence-corrected chi connectivity index (χ3v) is 7.31. The highest BCUT2D eigenvalue weighted by Crippen LogP contribution is 2.33. The molecule has 2 N–H and O–H groups in total. The molecule has 5 rings (SSSR count). The number of benzene rings is 2. The molecule has 1 aromatic heterocycles. The van der Waals surface area contributed by atoms with Crippen molar-refractivity contribution < 1.29 is 23.3 Å². The van der Waals surface area contributed by atoms with Gasteiger partial charge in [-0.1, -0.05) is 0 Å². The number of piperidine rings is 1. The summed E-state index contributed by atoms with van der Waals surface area (Å²) in [5.74, 6) is -1.17. The standard InChI is InChI=1S/C29H29F2N5O4/c30-23-11-19(12-24(31)15-23)17-35-9-6-18(7-10-35)16-33-28(37)22-3-4-25(26(13-22)36(39)40)21-5-8-32-27(14-21)34-29(38)20-1-2-20/h3-5,8,11-15,18,20H,1-2,6-7,9-10,16-17H2,(H,33,37)(H,32,34,38). The van der Waals surface area contributed by atoms with Gasteiger partial charge in [-0.05, 0) is 92.2 Å². The quantitative estimate of drug-likeness (QED) is 0.289. The first-order chi connectivity index (χ1) is 19.2. The van der Waals surface area contributed by atoms with Crippen LogP contribution in [0.4, 0.5) is 20.3 Å². The highest BCUT2D eigenvalue weighted by Gasteiger charge is 2.30. The number of nitro benzene ring substituents is 1. The molecule has 0 radical (unpaired) electrons. The molecule has 11 heteroatoms. The van der Waals surface area contributed by atoms with Crippen LogP contribution in [0.15, 0.2) is 54.7 Å². The molecule has 1 saturated carbocycles. The van der Waals surface area contributed by atoms with Gasteiger partial charge in [0, 0.05) is 42.9 Å². The molecule has 2 fully saturated rings. The fraction of sp³-hybridized carbons (Fsp3) is 0.345. The molecule has 0 bridgehead atoms. The third-order valence-electron chi connectivity index (χ3n) is 7.31. The number of amides is 2. The molecule has 0 spiro atoms. The predicted octanol–water partition coefficient (Wildman–Crippen LogP) is 4.93. The molecular formula is C29H29F2N5O4. The number of hydrogen-bond donors (Lipinski definition) is 2. The number of nitro groups is 1. The van der Waals surface area contributed by atoms with Gasteiger partial charge in [-0.15, -0.1) is 0 Å². The van der Waals surface area contributed by atoms with Crippen molar-refractivity contribution >= 4 is 23.3 Å². The normalized spacial score (nSPS) is 15.9. The number of rotatable bonds is 9. The lowest BCUT2D eigenvalue weighted by Gasteiger charge is -2.32. The Bertz CT molecular complexity index is 1420. The van der Waals surface area contributed by atoms with Gasteiger partial charge in [0.05, 0.1) is 10.5 Å². The number of carbonyl (C=O) groups excluding carboxylic acids is 2. The van der Waals surface area contributed by atoms with E-state index >= 15 is 0 Å². The first-order valence-corrected chi connectivity index (χ1v) is 13.3. The van der Waals surface area contributed by atoms with E-state index in [9.17, 15) is 28.5 Å². The molecule has 0 atom stereocenters. The molecule has 1 saturated heterocycles. The van der Waals surface area contributed by atoms with Gasteiger partial charge in [0.25, 0.3) is 11.6 Å².